The molecule has 1 aliphatic rings. The molecule has 1 saturated heterocycles. The van der Waals surface area contributed by atoms with E-state index in [2.05, 4.69) is 9.97 Å². The lowest BCUT2D eigenvalue weighted by molar-refractivity contribution is 0.0697. The summed E-state index contributed by atoms with van der Waals surface area (Å²) >= 11 is 0. The van der Waals surface area contributed by atoms with Gasteiger partial charge in [0.05, 0.1) is 53.2 Å². The van der Waals surface area contributed by atoms with Crippen LogP contribution in [0.2, 0.25) is 0 Å². The van der Waals surface area contributed by atoms with Crippen molar-refractivity contribution in [3.63, 3.8) is 0 Å². The average Bonchev–Trinajstić information content (AvgIpc) is 3.57. The molecular formula is C34H27F3N4O4. The van der Waals surface area contributed by atoms with E-state index in [1.807, 2.05) is 19.9 Å². The van der Waals surface area contributed by atoms with Gasteiger partial charge in [0, 0.05) is 29.0 Å². The van der Waals surface area contributed by atoms with Gasteiger partial charge in [-0.05, 0) is 48.0 Å². The molecule has 0 saturated carbocycles. The van der Waals surface area contributed by atoms with Gasteiger partial charge in [-0.3, -0.25) is 0 Å². The van der Waals surface area contributed by atoms with Crippen LogP contribution in [0.3, 0.4) is 0 Å². The summed E-state index contributed by atoms with van der Waals surface area (Å²) in [5.41, 5.74) is 0.925. The van der Waals surface area contributed by atoms with Crippen molar-refractivity contribution in [2.75, 3.05) is 13.2 Å². The second-order valence-corrected chi connectivity index (χ2v) is 11.6. The number of rotatable bonds is 8. The van der Waals surface area contributed by atoms with Crippen molar-refractivity contribution in [2.24, 2.45) is 5.41 Å². The van der Waals surface area contributed by atoms with Crippen LogP contribution >= 0.6 is 0 Å². The SMILES string of the molecule is CC1(C)COC[C@H]1n1c(Cc2c(F)cc(-c3cccc(OCc4ccc(C#N)cc4)n3)c(F)c2F)nc2ccc(C(=O)O)cc21. The second-order valence-electron chi connectivity index (χ2n) is 11.6. The molecule has 11 heteroatoms. The maximum Gasteiger partial charge on any atom is 0.335 e. The van der Waals surface area contributed by atoms with Crippen LogP contribution in [0.15, 0.2) is 66.7 Å². The number of aromatic carboxylic acids is 1. The highest BCUT2D eigenvalue weighted by atomic mass is 19.2. The van der Waals surface area contributed by atoms with Crippen LogP contribution in [0.25, 0.3) is 22.3 Å². The molecule has 8 nitrogen and oxygen atoms in total. The van der Waals surface area contributed by atoms with E-state index in [1.54, 1.807) is 47.0 Å². The summed E-state index contributed by atoms with van der Waals surface area (Å²) in [6, 6.07) is 18.3. The lowest BCUT2D eigenvalue weighted by Crippen LogP contribution is -2.27. The zero-order valence-corrected chi connectivity index (χ0v) is 24.4. The Morgan fingerprint density at radius 3 is 2.56 bits per heavy atom. The number of nitriles is 1. The lowest BCUT2D eigenvalue weighted by atomic mass is 9.87. The van der Waals surface area contributed by atoms with Gasteiger partial charge in [0.2, 0.25) is 5.88 Å². The molecule has 2 aromatic heterocycles. The Labute approximate surface area is 256 Å². The third-order valence-electron chi connectivity index (χ3n) is 8.03. The van der Waals surface area contributed by atoms with Crippen LogP contribution in [0, 0.1) is 34.2 Å². The van der Waals surface area contributed by atoms with Gasteiger partial charge in [0.25, 0.3) is 0 Å². The second kappa shape index (κ2) is 11.7. The van der Waals surface area contributed by atoms with Crippen LogP contribution in [-0.4, -0.2) is 38.8 Å². The maximum atomic E-state index is 15.7. The van der Waals surface area contributed by atoms with E-state index in [9.17, 15) is 9.90 Å². The molecule has 1 atom stereocenters. The third kappa shape index (κ3) is 5.72. The highest BCUT2D eigenvalue weighted by Gasteiger charge is 2.39. The van der Waals surface area contributed by atoms with Crippen LogP contribution in [0.5, 0.6) is 5.88 Å². The van der Waals surface area contributed by atoms with Crippen LogP contribution in [0.1, 0.15) is 52.8 Å². The summed E-state index contributed by atoms with van der Waals surface area (Å²) in [4.78, 5) is 20.6. The van der Waals surface area contributed by atoms with E-state index in [0.717, 1.165) is 11.6 Å². The molecule has 0 amide bonds. The Balaban J connectivity index is 1.34. The van der Waals surface area contributed by atoms with Gasteiger partial charge in [-0.1, -0.05) is 32.0 Å². The number of nitrogens with zero attached hydrogens (tertiary/aromatic N) is 4. The van der Waals surface area contributed by atoms with Crippen molar-refractivity contribution < 1.29 is 32.5 Å². The number of ether oxygens (including phenoxy) is 2. The van der Waals surface area contributed by atoms with Gasteiger partial charge in [-0.25, -0.2) is 27.9 Å². The monoisotopic (exact) mass is 612 g/mol. The van der Waals surface area contributed by atoms with E-state index in [4.69, 9.17) is 14.7 Å². The molecule has 0 radical (unpaired) electrons. The number of benzene rings is 3. The predicted octanol–water partition coefficient (Wildman–Crippen LogP) is 6.85. The Bertz CT molecular complexity index is 1980. The third-order valence-corrected chi connectivity index (χ3v) is 8.03. The number of fused-ring (bicyclic) bond motifs is 1. The molecule has 0 unspecified atom stereocenters. The van der Waals surface area contributed by atoms with Gasteiger partial charge < -0.3 is 19.1 Å². The zero-order valence-electron chi connectivity index (χ0n) is 24.4. The minimum atomic E-state index is -1.37. The Kier molecular flexibility index (Phi) is 7.76. The largest absolute Gasteiger partial charge is 0.478 e. The number of halogens is 3. The summed E-state index contributed by atoms with van der Waals surface area (Å²) in [6.45, 7) is 4.78. The normalized spacial score (nSPS) is 15.7. The van der Waals surface area contributed by atoms with Crippen molar-refractivity contribution in [1.82, 2.24) is 14.5 Å². The van der Waals surface area contributed by atoms with Gasteiger partial charge in [-0.15, -0.1) is 0 Å². The molecule has 1 fully saturated rings. The smallest absolute Gasteiger partial charge is 0.335 e. The first-order valence-electron chi connectivity index (χ1n) is 14.1. The Morgan fingerprint density at radius 2 is 1.87 bits per heavy atom. The lowest BCUT2D eigenvalue weighted by Gasteiger charge is -2.28. The fourth-order valence-corrected chi connectivity index (χ4v) is 5.55. The number of imidazole rings is 1. The average molecular weight is 613 g/mol. The number of aromatic nitrogens is 3. The maximum absolute atomic E-state index is 15.7. The highest BCUT2D eigenvalue weighted by molar-refractivity contribution is 5.92. The van der Waals surface area contributed by atoms with Gasteiger partial charge in [-0.2, -0.15) is 5.26 Å². The van der Waals surface area contributed by atoms with E-state index in [0.29, 0.717) is 23.2 Å². The molecule has 1 N–H and O–H groups in total. The molecule has 0 bridgehead atoms. The predicted molar refractivity (Wildman–Crippen MR) is 158 cm³/mol. The summed E-state index contributed by atoms with van der Waals surface area (Å²) in [5, 5.41) is 18.5. The number of carbonyl (C=O) groups is 1. The zero-order chi connectivity index (χ0) is 31.9. The van der Waals surface area contributed by atoms with E-state index >= 15 is 13.2 Å². The first kappa shape index (κ1) is 29.8. The van der Waals surface area contributed by atoms with E-state index < -0.39 is 34.4 Å². The molecule has 3 aromatic carbocycles. The van der Waals surface area contributed by atoms with E-state index in [-0.39, 0.29) is 54.2 Å². The molecule has 6 rings (SSSR count). The molecule has 5 aromatic rings. The molecule has 0 aliphatic carbocycles. The minimum Gasteiger partial charge on any atom is -0.478 e. The molecular weight excluding hydrogens is 585 g/mol. The molecule has 1 aliphatic heterocycles. The Morgan fingerprint density at radius 1 is 1.09 bits per heavy atom. The van der Waals surface area contributed by atoms with E-state index in [1.165, 1.54) is 18.2 Å². The molecule has 0 spiro atoms. The quantitative estimate of drug-likeness (QED) is 0.191. The van der Waals surface area contributed by atoms with Gasteiger partial charge >= 0.3 is 5.97 Å². The minimum absolute atomic E-state index is 0.0209. The highest BCUT2D eigenvalue weighted by Crippen LogP contribution is 2.41. The fraction of sp³-hybridized carbons (Fsp3) is 0.235. The van der Waals surface area contributed by atoms with Crippen molar-refractivity contribution in [3.05, 3.63) is 112 Å². The van der Waals surface area contributed by atoms with Crippen LogP contribution < -0.4 is 4.74 Å². The summed E-state index contributed by atoms with van der Waals surface area (Å²) in [7, 11) is 0. The first-order chi connectivity index (χ1) is 21.6. The summed E-state index contributed by atoms with van der Waals surface area (Å²) in [6.07, 6.45) is -0.389. The summed E-state index contributed by atoms with van der Waals surface area (Å²) in [5.74, 6) is -4.39. The molecule has 45 heavy (non-hydrogen) atoms. The molecule has 228 valence electrons. The number of hydrogen-bond donors (Lipinski definition) is 1. The van der Waals surface area contributed by atoms with Crippen molar-refractivity contribution in [3.8, 4) is 23.2 Å². The molecule has 3 heterocycles. The standard InChI is InChI=1S/C34H27F3N4O4/c1-34(2)18-44-17-28(34)41-27-12-21(33(42)43)10-11-26(27)39-29(41)14-22-24(35)13-23(32(37)31(22)36)25-4-3-5-30(40-25)45-16-20-8-6-19(15-38)7-9-20/h3-13,28H,14,16-18H2,1-2H3,(H,42,43)/t28-/m1/s1. The number of pyridine rings is 1. The number of carboxylic acid groups (broad SMARTS) is 1. The Hall–Kier alpha value is -5.21. The topological polar surface area (TPSA) is 110 Å². The van der Waals surface area contributed by atoms with Crippen LogP contribution in [0.4, 0.5) is 13.2 Å². The van der Waals surface area contributed by atoms with Crippen molar-refractivity contribution in [2.45, 2.75) is 32.9 Å². The van der Waals surface area contributed by atoms with Crippen LogP contribution in [-0.2, 0) is 17.8 Å². The van der Waals surface area contributed by atoms with Crippen molar-refractivity contribution in [1.29, 1.82) is 5.26 Å². The first-order valence-corrected chi connectivity index (χ1v) is 14.1. The fourth-order valence-electron chi connectivity index (χ4n) is 5.55. The van der Waals surface area contributed by atoms with Gasteiger partial charge in [0.15, 0.2) is 11.6 Å². The number of hydrogen-bond acceptors (Lipinski definition) is 6. The summed E-state index contributed by atoms with van der Waals surface area (Å²) < 4.78 is 60.1. The van der Waals surface area contributed by atoms with Gasteiger partial charge in [0.1, 0.15) is 18.2 Å². The number of carboxylic acids is 1. The van der Waals surface area contributed by atoms with Crippen molar-refractivity contribution >= 4 is 17.0 Å².